The first-order valence-corrected chi connectivity index (χ1v) is 5.17. The molecule has 0 heterocycles. The predicted octanol–water partition coefficient (Wildman–Crippen LogP) is 2.21. The van der Waals surface area contributed by atoms with E-state index in [1.165, 1.54) is 0 Å². The number of rotatable bonds is 5. The quantitative estimate of drug-likeness (QED) is 0.788. The lowest BCUT2D eigenvalue weighted by Crippen LogP contribution is -2.17. The lowest BCUT2D eigenvalue weighted by molar-refractivity contribution is 0.0512. The fraction of sp³-hybridized carbons (Fsp3) is 0.455. The van der Waals surface area contributed by atoms with Gasteiger partial charge in [-0.3, -0.25) is 0 Å². The maximum absolute atomic E-state index is 6.03. The summed E-state index contributed by atoms with van der Waals surface area (Å²) in [5.74, 6) is 0.631. The molecule has 0 aliphatic rings. The summed E-state index contributed by atoms with van der Waals surface area (Å²) in [6.45, 7) is 2.16. The van der Waals surface area contributed by atoms with E-state index in [9.17, 15) is 0 Å². The van der Waals surface area contributed by atoms with E-state index < -0.39 is 0 Å². The van der Waals surface area contributed by atoms with Crippen LogP contribution in [0, 0.1) is 0 Å². The van der Waals surface area contributed by atoms with Crippen LogP contribution in [0.15, 0.2) is 18.2 Å². The summed E-state index contributed by atoms with van der Waals surface area (Å²) in [5.41, 5.74) is 6.81. The van der Waals surface area contributed by atoms with Crippen molar-refractivity contribution >= 4 is 11.6 Å². The SMILES string of the molecule is COCOc1ccc(CC(C)N)cc1Cl. The molecule has 1 aromatic rings. The number of halogens is 1. The highest BCUT2D eigenvalue weighted by atomic mass is 35.5. The summed E-state index contributed by atoms with van der Waals surface area (Å²) < 4.78 is 10.1. The second-order valence-corrected chi connectivity index (χ2v) is 3.90. The monoisotopic (exact) mass is 229 g/mol. The van der Waals surface area contributed by atoms with Crippen molar-refractivity contribution < 1.29 is 9.47 Å². The van der Waals surface area contributed by atoms with Gasteiger partial charge in [0.1, 0.15) is 5.75 Å². The number of methoxy groups -OCH3 is 1. The Morgan fingerprint density at radius 1 is 1.47 bits per heavy atom. The molecule has 0 aliphatic carbocycles. The van der Waals surface area contributed by atoms with Crippen molar-refractivity contribution in [3.05, 3.63) is 28.8 Å². The zero-order chi connectivity index (χ0) is 11.3. The van der Waals surface area contributed by atoms with Crippen LogP contribution in [0.4, 0.5) is 0 Å². The average Bonchev–Trinajstić information content (AvgIpc) is 2.15. The molecule has 1 aromatic carbocycles. The normalized spacial score (nSPS) is 12.5. The van der Waals surface area contributed by atoms with Gasteiger partial charge in [0.2, 0.25) is 0 Å². The van der Waals surface area contributed by atoms with Crippen molar-refractivity contribution in [3.63, 3.8) is 0 Å². The second kappa shape index (κ2) is 5.95. The molecule has 0 bridgehead atoms. The van der Waals surface area contributed by atoms with Crippen molar-refractivity contribution in [3.8, 4) is 5.75 Å². The van der Waals surface area contributed by atoms with Crippen LogP contribution < -0.4 is 10.5 Å². The van der Waals surface area contributed by atoms with Crippen molar-refractivity contribution in [2.24, 2.45) is 5.73 Å². The minimum Gasteiger partial charge on any atom is -0.466 e. The van der Waals surface area contributed by atoms with E-state index in [0.29, 0.717) is 10.8 Å². The molecular weight excluding hydrogens is 214 g/mol. The maximum Gasteiger partial charge on any atom is 0.188 e. The molecule has 0 saturated carbocycles. The molecular formula is C11H16ClNO2. The molecule has 1 atom stereocenters. The maximum atomic E-state index is 6.03. The zero-order valence-corrected chi connectivity index (χ0v) is 9.75. The molecule has 0 amide bonds. The molecule has 1 unspecified atom stereocenters. The topological polar surface area (TPSA) is 44.5 Å². The lowest BCUT2D eigenvalue weighted by Gasteiger charge is -2.09. The first kappa shape index (κ1) is 12.3. The summed E-state index contributed by atoms with van der Waals surface area (Å²) in [6, 6.07) is 5.79. The number of benzene rings is 1. The Labute approximate surface area is 95.1 Å². The minimum absolute atomic E-state index is 0.131. The van der Waals surface area contributed by atoms with Crippen LogP contribution in [0.5, 0.6) is 5.75 Å². The Hall–Kier alpha value is -0.770. The van der Waals surface area contributed by atoms with Gasteiger partial charge in [0.05, 0.1) is 5.02 Å². The summed E-state index contributed by atoms with van der Waals surface area (Å²) in [5, 5.41) is 0.588. The summed E-state index contributed by atoms with van der Waals surface area (Å²) in [6.07, 6.45) is 0.810. The van der Waals surface area contributed by atoms with Gasteiger partial charge in [0.25, 0.3) is 0 Å². The minimum atomic E-state index is 0.131. The Morgan fingerprint density at radius 2 is 2.20 bits per heavy atom. The summed E-state index contributed by atoms with van der Waals surface area (Å²) in [4.78, 5) is 0. The van der Waals surface area contributed by atoms with Gasteiger partial charge >= 0.3 is 0 Å². The van der Waals surface area contributed by atoms with Crippen molar-refractivity contribution in [1.82, 2.24) is 0 Å². The predicted molar refractivity (Wildman–Crippen MR) is 61.3 cm³/mol. The van der Waals surface area contributed by atoms with Gasteiger partial charge < -0.3 is 15.2 Å². The average molecular weight is 230 g/mol. The largest absolute Gasteiger partial charge is 0.466 e. The Morgan fingerprint density at radius 3 is 2.73 bits per heavy atom. The molecule has 4 heteroatoms. The number of hydrogen-bond donors (Lipinski definition) is 1. The third-order valence-corrected chi connectivity index (χ3v) is 2.18. The van der Waals surface area contributed by atoms with Gasteiger partial charge in [0.15, 0.2) is 6.79 Å². The molecule has 3 nitrogen and oxygen atoms in total. The van der Waals surface area contributed by atoms with E-state index in [1.807, 2.05) is 25.1 Å². The molecule has 84 valence electrons. The van der Waals surface area contributed by atoms with Crippen LogP contribution in [0.2, 0.25) is 5.02 Å². The van der Waals surface area contributed by atoms with Gasteiger partial charge in [-0.25, -0.2) is 0 Å². The molecule has 0 aliphatic heterocycles. The van der Waals surface area contributed by atoms with Crippen LogP contribution in [0.1, 0.15) is 12.5 Å². The van der Waals surface area contributed by atoms with E-state index in [0.717, 1.165) is 12.0 Å². The van der Waals surface area contributed by atoms with Crippen LogP contribution in [-0.4, -0.2) is 19.9 Å². The summed E-state index contributed by atoms with van der Waals surface area (Å²) >= 11 is 6.03. The number of ether oxygens (including phenoxy) is 2. The number of hydrogen-bond acceptors (Lipinski definition) is 3. The number of nitrogens with two attached hydrogens (primary N) is 1. The van der Waals surface area contributed by atoms with E-state index in [1.54, 1.807) is 7.11 Å². The lowest BCUT2D eigenvalue weighted by atomic mass is 10.1. The Kier molecular flexibility index (Phi) is 4.88. The molecule has 0 radical (unpaired) electrons. The van der Waals surface area contributed by atoms with E-state index in [-0.39, 0.29) is 12.8 Å². The van der Waals surface area contributed by atoms with Gasteiger partial charge in [-0.2, -0.15) is 0 Å². The molecule has 15 heavy (non-hydrogen) atoms. The highest BCUT2D eigenvalue weighted by Crippen LogP contribution is 2.25. The third kappa shape index (κ3) is 4.08. The van der Waals surface area contributed by atoms with Crippen LogP contribution in [0.3, 0.4) is 0 Å². The fourth-order valence-electron chi connectivity index (χ4n) is 1.28. The fourth-order valence-corrected chi connectivity index (χ4v) is 1.54. The molecule has 0 aromatic heterocycles. The first-order valence-electron chi connectivity index (χ1n) is 4.79. The molecule has 0 saturated heterocycles. The Balaban J connectivity index is 2.69. The smallest absolute Gasteiger partial charge is 0.188 e. The Bertz CT molecular complexity index is 315. The second-order valence-electron chi connectivity index (χ2n) is 3.50. The summed E-state index contributed by atoms with van der Waals surface area (Å²) in [7, 11) is 1.57. The van der Waals surface area contributed by atoms with Crippen molar-refractivity contribution in [1.29, 1.82) is 0 Å². The van der Waals surface area contributed by atoms with Crippen molar-refractivity contribution in [2.75, 3.05) is 13.9 Å². The van der Waals surface area contributed by atoms with Crippen molar-refractivity contribution in [2.45, 2.75) is 19.4 Å². The zero-order valence-electron chi connectivity index (χ0n) is 9.00. The molecule has 2 N–H and O–H groups in total. The third-order valence-electron chi connectivity index (χ3n) is 1.89. The van der Waals surface area contributed by atoms with Crippen LogP contribution in [-0.2, 0) is 11.2 Å². The van der Waals surface area contributed by atoms with Gasteiger partial charge in [-0.05, 0) is 31.0 Å². The van der Waals surface area contributed by atoms with Crippen LogP contribution in [0.25, 0.3) is 0 Å². The molecule has 1 rings (SSSR count). The molecule has 0 spiro atoms. The van der Waals surface area contributed by atoms with Gasteiger partial charge in [-0.15, -0.1) is 0 Å². The standard InChI is InChI=1S/C11H16ClNO2/c1-8(13)5-9-3-4-11(10(12)6-9)15-7-14-2/h3-4,6,8H,5,7,13H2,1-2H3. The first-order chi connectivity index (χ1) is 7.13. The van der Waals surface area contributed by atoms with Crippen LogP contribution >= 0.6 is 11.6 Å². The van der Waals surface area contributed by atoms with Gasteiger partial charge in [0, 0.05) is 13.2 Å². The van der Waals surface area contributed by atoms with E-state index in [4.69, 9.17) is 26.8 Å². The van der Waals surface area contributed by atoms with Gasteiger partial charge in [-0.1, -0.05) is 17.7 Å². The van der Waals surface area contributed by atoms with E-state index >= 15 is 0 Å². The van der Waals surface area contributed by atoms with E-state index in [2.05, 4.69) is 0 Å². The molecule has 0 fully saturated rings. The highest BCUT2D eigenvalue weighted by molar-refractivity contribution is 6.32. The highest BCUT2D eigenvalue weighted by Gasteiger charge is 2.04.